The van der Waals surface area contributed by atoms with Crippen molar-refractivity contribution < 1.29 is 86.1 Å². The second kappa shape index (κ2) is 6.12. The molecule has 7 nitrogen and oxygen atoms in total. The van der Waals surface area contributed by atoms with Crippen molar-refractivity contribution in [3.8, 4) is 17.2 Å². The average molecular weight is 332 g/mol. The van der Waals surface area contributed by atoms with Crippen molar-refractivity contribution in [1.82, 2.24) is 0 Å². The van der Waals surface area contributed by atoms with Gasteiger partial charge >= 0.3 is 51.4 Å². The number of hydrogen-bond acceptors (Lipinski definition) is 7. The van der Waals surface area contributed by atoms with E-state index in [1.807, 2.05) is 0 Å². The summed E-state index contributed by atoms with van der Waals surface area (Å²) >= 11 is 0. The Morgan fingerprint density at radius 3 is 2.73 bits per heavy atom. The summed E-state index contributed by atoms with van der Waals surface area (Å²) in [6.45, 7) is 1.59. The molecule has 0 radical (unpaired) electrons. The van der Waals surface area contributed by atoms with E-state index in [0.717, 1.165) is 6.07 Å². The van der Waals surface area contributed by atoms with Crippen molar-refractivity contribution in [1.29, 1.82) is 0 Å². The minimum Gasteiger partial charge on any atom is -0.545 e. The van der Waals surface area contributed by atoms with Crippen LogP contribution in [0.25, 0.3) is 0 Å². The van der Waals surface area contributed by atoms with Crippen LogP contribution in [0.4, 0.5) is 0 Å². The molecule has 2 aliphatic rings. The predicted molar refractivity (Wildman–Crippen MR) is 66.7 cm³/mol. The number of benzene rings is 1. The van der Waals surface area contributed by atoms with E-state index >= 15 is 0 Å². The van der Waals surface area contributed by atoms with Gasteiger partial charge in [0.05, 0.1) is 24.6 Å². The van der Waals surface area contributed by atoms with Crippen molar-refractivity contribution in [2.45, 2.75) is 25.6 Å². The zero-order valence-corrected chi connectivity index (χ0v) is 15.3. The number of phenolic OH excluding ortho intramolecular Hbond substituents is 1. The molecule has 0 fully saturated rings. The van der Waals surface area contributed by atoms with Gasteiger partial charge in [0.1, 0.15) is 11.5 Å². The average Bonchev–Trinajstić information content (AvgIpc) is 2.37. The van der Waals surface area contributed by atoms with Crippen molar-refractivity contribution in [3.05, 3.63) is 28.5 Å². The number of rotatable bonds is 1. The number of carbonyl (C=O) groups excluding carboxylic acids is 1. The van der Waals surface area contributed by atoms with Gasteiger partial charge in [-0.05, 0) is 12.5 Å². The van der Waals surface area contributed by atoms with Crippen LogP contribution in [0.1, 0.15) is 29.3 Å². The fourth-order valence-corrected chi connectivity index (χ4v) is 2.56. The van der Waals surface area contributed by atoms with Gasteiger partial charge < -0.3 is 34.7 Å². The Balaban J connectivity index is 0.00000176. The quantitative estimate of drug-likeness (QED) is 0.366. The molecule has 0 amide bonds. The second-order valence-corrected chi connectivity index (χ2v) is 5.33. The van der Waals surface area contributed by atoms with Crippen LogP contribution < -0.4 is 61.2 Å². The Morgan fingerprint density at radius 1 is 1.41 bits per heavy atom. The maximum atomic E-state index is 11.2. The van der Waals surface area contributed by atoms with Crippen molar-refractivity contribution in [2.75, 3.05) is 6.61 Å². The summed E-state index contributed by atoms with van der Waals surface area (Å²) in [6, 6.07) is 1.14. The normalized spacial score (nSPS) is 23.0. The summed E-state index contributed by atoms with van der Waals surface area (Å²) in [5.74, 6) is -3.70. The molecular formula is C14H13KO7. The van der Waals surface area contributed by atoms with Crippen molar-refractivity contribution >= 4 is 5.97 Å². The third-order valence-electron chi connectivity index (χ3n) is 3.61. The number of phenols is 2. The Labute approximate surface area is 168 Å². The van der Waals surface area contributed by atoms with Crippen LogP contribution in [0, 0.1) is 0 Å². The standard InChI is InChI=1S/C14H14O7.K/c1-14(19)4-10-6(5-20-14)2-7-9(21-10)3-8(15)12(16)11(7)13(17)18;/h3,15-16,19H,2,4-5H2,1H3,(H,17,18);/q;+1/p-1. The van der Waals surface area contributed by atoms with Gasteiger partial charge in [0.25, 0.3) is 0 Å². The molecule has 0 aromatic heterocycles. The SMILES string of the molecule is CC1(O)CC2=C(CO1)Cc1c(cc(O)c(O)c1C(=O)[O-])O2.[K+]. The van der Waals surface area contributed by atoms with Crippen LogP contribution in [0.15, 0.2) is 17.4 Å². The van der Waals surface area contributed by atoms with E-state index in [-0.39, 0.29) is 82.1 Å². The minimum atomic E-state index is -1.60. The fraction of sp³-hybridized carbons (Fsp3) is 0.357. The molecular weight excluding hydrogens is 319 g/mol. The summed E-state index contributed by atoms with van der Waals surface area (Å²) in [7, 11) is 0. The molecule has 2 aliphatic heterocycles. The van der Waals surface area contributed by atoms with Crippen LogP contribution in [-0.4, -0.2) is 33.7 Å². The molecule has 22 heavy (non-hydrogen) atoms. The van der Waals surface area contributed by atoms with E-state index in [9.17, 15) is 25.2 Å². The molecule has 2 heterocycles. The van der Waals surface area contributed by atoms with Gasteiger partial charge in [-0.1, -0.05) is 0 Å². The topological polar surface area (TPSA) is 119 Å². The molecule has 112 valence electrons. The summed E-state index contributed by atoms with van der Waals surface area (Å²) < 4.78 is 10.8. The molecule has 1 aromatic rings. The summed E-state index contributed by atoms with van der Waals surface area (Å²) in [5, 5.41) is 40.3. The minimum absolute atomic E-state index is 0. The molecule has 3 N–H and O–H groups in total. The predicted octanol–water partition coefficient (Wildman–Crippen LogP) is -3.22. The van der Waals surface area contributed by atoms with E-state index in [4.69, 9.17) is 9.47 Å². The van der Waals surface area contributed by atoms with Gasteiger partial charge in [-0.25, -0.2) is 0 Å². The van der Waals surface area contributed by atoms with Gasteiger partial charge in [0.15, 0.2) is 17.3 Å². The number of fused-ring (bicyclic) bond motifs is 1. The number of ether oxygens (including phenoxy) is 2. The largest absolute Gasteiger partial charge is 1.00 e. The van der Waals surface area contributed by atoms with E-state index < -0.39 is 28.8 Å². The number of carbonyl (C=O) groups is 1. The van der Waals surface area contributed by atoms with Gasteiger partial charge in [-0.3, -0.25) is 0 Å². The summed E-state index contributed by atoms with van der Waals surface area (Å²) in [4.78, 5) is 11.2. The number of aromatic hydroxyl groups is 2. The third kappa shape index (κ3) is 3.05. The maximum Gasteiger partial charge on any atom is 1.00 e. The van der Waals surface area contributed by atoms with Gasteiger partial charge in [0, 0.05) is 18.1 Å². The zero-order chi connectivity index (χ0) is 15.4. The first-order chi connectivity index (χ1) is 9.78. The first kappa shape index (κ1) is 17.7. The van der Waals surface area contributed by atoms with E-state index in [1.165, 1.54) is 6.92 Å². The Kier molecular flexibility index (Phi) is 4.93. The van der Waals surface area contributed by atoms with Crippen LogP contribution in [0.5, 0.6) is 17.2 Å². The van der Waals surface area contributed by atoms with Gasteiger partial charge in [-0.2, -0.15) is 0 Å². The Hall–Kier alpha value is -0.614. The first-order valence-electron chi connectivity index (χ1n) is 6.33. The molecule has 8 heteroatoms. The fourth-order valence-electron chi connectivity index (χ4n) is 2.56. The molecule has 0 aliphatic carbocycles. The third-order valence-corrected chi connectivity index (χ3v) is 3.61. The Morgan fingerprint density at radius 2 is 2.09 bits per heavy atom. The smallest absolute Gasteiger partial charge is 0.545 e. The van der Waals surface area contributed by atoms with Gasteiger partial charge in [-0.15, -0.1) is 0 Å². The van der Waals surface area contributed by atoms with Crippen LogP contribution >= 0.6 is 0 Å². The van der Waals surface area contributed by atoms with Crippen LogP contribution in [-0.2, 0) is 11.2 Å². The molecule has 1 aromatic carbocycles. The Bertz CT molecular complexity index is 678. The molecule has 1 atom stereocenters. The number of carboxylic acid groups (broad SMARTS) is 1. The maximum absolute atomic E-state index is 11.2. The summed E-state index contributed by atoms with van der Waals surface area (Å²) in [5.41, 5.74) is 0.407. The first-order valence-corrected chi connectivity index (χ1v) is 6.33. The summed E-state index contributed by atoms with van der Waals surface area (Å²) in [6.07, 6.45) is 0.294. The molecule has 0 saturated heterocycles. The van der Waals surface area contributed by atoms with Crippen molar-refractivity contribution in [3.63, 3.8) is 0 Å². The molecule has 1 unspecified atom stereocenters. The number of hydrogen-bond donors (Lipinski definition) is 3. The molecule has 0 saturated carbocycles. The molecule has 3 rings (SSSR count). The van der Waals surface area contributed by atoms with Crippen LogP contribution in [0.3, 0.4) is 0 Å². The molecule has 0 bridgehead atoms. The second-order valence-electron chi connectivity index (χ2n) is 5.33. The van der Waals surface area contributed by atoms with E-state index in [1.54, 1.807) is 0 Å². The number of carboxylic acids is 1. The van der Waals surface area contributed by atoms with Crippen LogP contribution in [0.2, 0.25) is 0 Å². The zero-order valence-electron chi connectivity index (χ0n) is 12.2. The van der Waals surface area contributed by atoms with Crippen molar-refractivity contribution in [2.24, 2.45) is 0 Å². The van der Waals surface area contributed by atoms with E-state index in [0.29, 0.717) is 11.3 Å². The molecule has 0 spiro atoms. The van der Waals surface area contributed by atoms with E-state index in [2.05, 4.69) is 0 Å². The van der Waals surface area contributed by atoms with Gasteiger partial charge in [0.2, 0.25) is 0 Å². The number of aromatic carboxylic acids is 1. The number of aliphatic hydroxyl groups is 1. The monoisotopic (exact) mass is 332 g/mol.